The van der Waals surface area contributed by atoms with E-state index in [4.69, 9.17) is 20.4 Å². The Balaban J connectivity index is 1.27. The number of ether oxygens (including phenoxy) is 1. The number of anilines is 1. The molecule has 0 spiro atoms. The van der Waals surface area contributed by atoms with E-state index in [9.17, 15) is 5.26 Å². The second-order valence-corrected chi connectivity index (χ2v) is 9.42. The summed E-state index contributed by atoms with van der Waals surface area (Å²) in [7, 11) is 1.62. The summed E-state index contributed by atoms with van der Waals surface area (Å²) in [4.78, 5) is 15.9. The van der Waals surface area contributed by atoms with Crippen molar-refractivity contribution in [1.82, 2.24) is 25.1 Å². The van der Waals surface area contributed by atoms with Crippen molar-refractivity contribution < 1.29 is 4.74 Å². The largest absolute Gasteiger partial charge is 0.481 e. The first-order valence-corrected chi connectivity index (χ1v) is 12.5. The fourth-order valence-electron chi connectivity index (χ4n) is 4.80. The van der Waals surface area contributed by atoms with E-state index in [2.05, 4.69) is 43.2 Å². The van der Waals surface area contributed by atoms with Gasteiger partial charge in [0, 0.05) is 87.8 Å². The van der Waals surface area contributed by atoms with E-state index in [1.54, 1.807) is 7.11 Å². The summed E-state index contributed by atoms with van der Waals surface area (Å²) >= 11 is 0. The number of hydrogen-bond acceptors (Lipinski definition) is 10. The van der Waals surface area contributed by atoms with Crippen LogP contribution in [0.15, 0.2) is 65.9 Å². The van der Waals surface area contributed by atoms with Crippen molar-refractivity contribution in [2.75, 3.05) is 51.3 Å². The van der Waals surface area contributed by atoms with Gasteiger partial charge in [-0.15, -0.1) is 0 Å². The average molecular weight is 508 g/mol. The summed E-state index contributed by atoms with van der Waals surface area (Å²) in [5.41, 5.74) is 4.61. The van der Waals surface area contributed by atoms with Gasteiger partial charge >= 0.3 is 0 Å². The zero-order valence-corrected chi connectivity index (χ0v) is 21.3. The molecule has 0 atom stereocenters. The number of dihydropyridines is 1. The van der Waals surface area contributed by atoms with Crippen molar-refractivity contribution in [3.63, 3.8) is 0 Å². The molecule has 2 aromatic heterocycles. The maximum Gasteiger partial charge on any atom is 0.212 e. The maximum atomic E-state index is 9.57. The third-order valence-electron chi connectivity index (χ3n) is 7.06. The van der Waals surface area contributed by atoms with Crippen LogP contribution in [0.2, 0.25) is 0 Å². The Bertz CT molecular complexity index is 1350. The monoisotopic (exact) mass is 507 g/mol. The standard InChI is InChI=1S/C28H29N9O/c1-38-27-5-2-20(14-33-27)17-35-6-8-36(9-7-35)26-4-3-22(15-32-26)25-10-24(37-18-21(11-29)19-37)16-34-28(25)23(12-30)13-31/h2-5,10,12,14-16,21,30,34H,6-9,17-19H2,1H3/b28-23+,30-12?. The molecule has 2 saturated heterocycles. The van der Waals surface area contributed by atoms with Crippen LogP contribution in [0, 0.1) is 34.0 Å². The molecule has 0 saturated carbocycles. The summed E-state index contributed by atoms with van der Waals surface area (Å²) in [6.07, 6.45) is 8.59. The van der Waals surface area contributed by atoms with Crippen molar-refractivity contribution in [1.29, 1.82) is 15.9 Å². The molecule has 10 heteroatoms. The highest BCUT2D eigenvalue weighted by atomic mass is 16.5. The first-order chi connectivity index (χ1) is 18.6. The summed E-state index contributed by atoms with van der Waals surface area (Å²) in [5.74, 6) is 1.57. The lowest BCUT2D eigenvalue weighted by atomic mass is 9.95. The number of rotatable bonds is 7. The molecule has 0 aromatic carbocycles. The molecule has 3 aliphatic heterocycles. The summed E-state index contributed by atoms with van der Waals surface area (Å²) < 4.78 is 5.14. The summed E-state index contributed by atoms with van der Waals surface area (Å²) in [6.45, 7) is 5.82. The number of nitrogens with one attached hydrogen (secondary N) is 2. The van der Waals surface area contributed by atoms with Gasteiger partial charge in [-0.3, -0.25) is 4.90 Å². The van der Waals surface area contributed by atoms with Crippen LogP contribution < -0.4 is 15.0 Å². The predicted molar refractivity (Wildman–Crippen MR) is 144 cm³/mol. The van der Waals surface area contributed by atoms with Crippen molar-refractivity contribution >= 4 is 17.6 Å². The van der Waals surface area contributed by atoms with E-state index in [0.717, 1.165) is 67.2 Å². The van der Waals surface area contributed by atoms with Crippen molar-refractivity contribution in [3.05, 3.63) is 77.0 Å². The summed E-state index contributed by atoms with van der Waals surface area (Å²) in [6, 6.07) is 12.4. The van der Waals surface area contributed by atoms with Gasteiger partial charge in [0.05, 0.1) is 36.1 Å². The second-order valence-electron chi connectivity index (χ2n) is 9.42. The lowest BCUT2D eigenvalue weighted by molar-refractivity contribution is 0.189. The molecular formula is C28H29N9O. The number of methoxy groups -OCH3 is 1. The molecule has 2 N–H and O–H groups in total. The van der Waals surface area contributed by atoms with Crippen molar-refractivity contribution in [2.24, 2.45) is 5.92 Å². The van der Waals surface area contributed by atoms with E-state index in [0.29, 0.717) is 24.7 Å². The maximum absolute atomic E-state index is 9.57. The Hall–Kier alpha value is -4.67. The van der Waals surface area contributed by atoms with E-state index < -0.39 is 0 Å². The van der Waals surface area contributed by atoms with Crippen LogP contribution in [0.5, 0.6) is 5.88 Å². The number of allylic oxidation sites excluding steroid dienone is 3. The number of piperazine rings is 1. The van der Waals surface area contributed by atoms with Crippen LogP contribution in [-0.2, 0) is 6.54 Å². The SMILES string of the molecule is COc1ccc(CN2CCN(c3ccc(C4=CC(N5CC(C#N)C5)=CN/C4=C(/C#N)C=N)cn3)CC2)cn1. The Morgan fingerprint density at radius 3 is 2.53 bits per heavy atom. The highest BCUT2D eigenvalue weighted by Gasteiger charge is 2.29. The molecule has 0 bridgehead atoms. The highest BCUT2D eigenvalue weighted by Crippen LogP contribution is 2.32. The first-order valence-electron chi connectivity index (χ1n) is 12.5. The van der Waals surface area contributed by atoms with Gasteiger partial charge < -0.3 is 25.3 Å². The molecule has 0 unspecified atom stereocenters. The second kappa shape index (κ2) is 11.2. The van der Waals surface area contributed by atoms with Gasteiger partial charge in [-0.2, -0.15) is 10.5 Å². The minimum Gasteiger partial charge on any atom is -0.481 e. The van der Waals surface area contributed by atoms with Crippen LogP contribution in [0.3, 0.4) is 0 Å². The molecule has 0 radical (unpaired) electrons. The number of nitriles is 2. The number of nitrogens with zero attached hydrogens (tertiary/aromatic N) is 7. The van der Waals surface area contributed by atoms with Gasteiger partial charge in [0.2, 0.25) is 5.88 Å². The Kier molecular flexibility index (Phi) is 7.34. The highest BCUT2D eigenvalue weighted by molar-refractivity contribution is 5.93. The minimum atomic E-state index is 0.0372. The molecule has 3 aliphatic rings. The smallest absolute Gasteiger partial charge is 0.212 e. The zero-order valence-electron chi connectivity index (χ0n) is 21.3. The van der Waals surface area contributed by atoms with Crippen LogP contribution in [-0.4, -0.2) is 72.4 Å². The minimum absolute atomic E-state index is 0.0372. The molecule has 0 amide bonds. The van der Waals surface area contributed by atoms with E-state index in [1.165, 1.54) is 0 Å². The van der Waals surface area contributed by atoms with Gasteiger partial charge in [0.25, 0.3) is 0 Å². The van der Waals surface area contributed by atoms with Crippen molar-refractivity contribution in [3.8, 4) is 18.0 Å². The van der Waals surface area contributed by atoms with Crippen LogP contribution >= 0.6 is 0 Å². The quantitative estimate of drug-likeness (QED) is 0.429. The molecule has 2 fully saturated rings. The van der Waals surface area contributed by atoms with Gasteiger partial charge in [-0.25, -0.2) is 9.97 Å². The van der Waals surface area contributed by atoms with Gasteiger partial charge in [0.15, 0.2) is 0 Å². The number of pyridine rings is 2. The normalized spacial score (nSPS) is 19.2. The number of likely N-dealkylation sites (tertiary alicyclic amines) is 1. The average Bonchev–Trinajstić information content (AvgIpc) is 2.95. The molecule has 5 heterocycles. The molecule has 2 aromatic rings. The van der Waals surface area contributed by atoms with E-state index in [1.807, 2.05) is 42.9 Å². The zero-order chi connectivity index (χ0) is 26.5. The number of aromatic nitrogens is 2. The Morgan fingerprint density at radius 2 is 1.92 bits per heavy atom. The molecule has 0 aliphatic carbocycles. The van der Waals surface area contributed by atoms with Crippen LogP contribution in [0.1, 0.15) is 11.1 Å². The van der Waals surface area contributed by atoms with E-state index in [-0.39, 0.29) is 11.5 Å². The number of hydrogen-bond donors (Lipinski definition) is 2. The van der Waals surface area contributed by atoms with Gasteiger partial charge in [-0.05, 0) is 23.8 Å². The fraction of sp³-hybridized carbons (Fsp3) is 0.321. The van der Waals surface area contributed by atoms with Crippen LogP contribution in [0.4, 0.5) is 5.82 Å². The molecule has 10 nitrogen and oxygen atoms in total. The molecule has 192 valence electrons. The third kappa shape index (κ3) is 5.22. The Morgan fingerprint density at radius 1 is 1.11 bits per heavy atom. The fourth-order valence-corrected chi connectivity index (χ4v) is 4.80. The van der Waals surface area contributed by atoms with Gasteiger partial charge in [-0.1, -0.05) is 6.07 Å². The molecular weight excluding hydrogens is 478 g/mol. The van der Waals surface area contributed by atoms with Crippen LogP contribution in [0.25, 0.3) is 5.57 Å². The lowest BCUT2D eigenvalue weighted by Crippen LogP contribution is -2.46. The predicted octanol–water partition coefficient (Wildman–Crippen LogP) is 2.52. The lowest BCUT2D eigenvalue weighted by Gasteiger charge is -2.39. The van der Waals surface area contributed by atoms with Gasteiger partial charge in [0.1, 0.15) is 11.9 Å². The molecule has 5 rings (SSSR count). The van der Waals surface area contributed by atoms with E-state index >= 15 is 0 Å². The summed E-state index contributed by atoms with van der Waals surface area (Å²) in [5, 5.41) is 29.6. The third-order valence-corrected chi connectivity index (χ3v) is 7.06. The topological polar surface area (TPSA) is 128 Å². The first kappa shape index (κ1) is 25.0. The van der Waals surface area contributed by atoms with Crippen molar-refractivity contribution in [2.45, 2.75) is 6.54 Å². The Labute approximate surface area is 222 Å². The molecule has 38 heavy (non-hydrogen) atoms.